The SMILES string of the molecule is CCCCOCCOc1nc(Cl)nc(-n2ccnc2)n1. The van der Waals surface area contributed by atoms with Gasteiger partial charge in [-0.3, -0.25) is 4.57 Å². The Morgan fingerprint density at radius 1 is 1.20 bits per heavy atom. The maximum atomic E-state index is 5.84. The van der Waals surface area contributed by atoms with E-state index >= 15 is 0 Å². The minimum Gasteiger partial charge on any atom is -0.461 e. The van der Waals surface area contributed by atoms with Gasteiger partial charge in [-0.15, -0.1) is 0 Å². The normalized spacial score (nSPS) is 10.7. The first-order valence-electron chi connectivity index (χ1n) is 6.40. The van der Waals surface area contributed by atoms with Gasteiger partial charge in [-0.1, -0.05) is 13.3 Å². The first-order chi connectivity index (χ1) is 9.79. The Morgan fingerprint density at radius 3 is 2.85 bits per heavy atom. The van der Waals surface area contributed by atoms with Crippen LogP contribution in [0.1, 0.15) is 19.8 Å². The summed E-state index contributed by atoms with van der Waals surface area (Å²) in [6, 6.07) is 0.174. The third-order valence-corrected chi connectivity index (χ3v) is 2.58. The average Bonchev–Trinajstić information content (AvgIpc) is 2.96. The monoisotopic (exact) mass is 297 g/mol. The fourth-order valence-corrected chi connectivity index (χ4v) is 1.57. The number of nitrogens with zero attached hydrogens (tertiary/aromatic N) is 5. The van der Waals surface area contributed by atoms with Gasteiger partial charge in [0, 0.05) is 19.0 Å². The van der Waals surface area contributed by atoms with Gasteiger partial charge in [0.2, 0.25) is 11.2 Å². The molecule has 0 fully saturated rings. The third kappa shape index (κ3) is 4.43. The predicted molar refractivity (Wildman–Crippen MR) is 73.2 cm³/mol. The van der Waals surface area contributed by atoms with Crippen LogP contribution >= 0.6 is 11.6 Å². The molecule has 2 heterocycles. The van der Waals surface area contributed by atoms with E-state index in [-0.39, 0.29) is 11.3 Å². The van der Waals surface area contributed by atoms with E-state index in [0.29, 0.717) is 19.2 Å². The van der Waals surface area contributed by atoms with Crippen molar-refractivity contribution in [3.8, 4) is 12.0 Å². The minimum absolute atomic E-state index is 0.0746. The maximum absolute atomic E-state index is 5.84. The van der Waals surface area contributed by atoms with Crippen molar-refractivity contribution >= 4 is 11.6 Å². The van der Waals surface area contributed by atoms with E-state index in [1.54, 1.807) is 23.3 Å². The summed E-state index contributed by atoms with van der Waals surface area (Å²) in [7, 11) is 0. The van der Waals surface area contributed by atoms with E-state index in [1.807, 2.05) is 0 Å². The van der Waals surface area contributed by atoms with Crippen molar-refractivity contribution in [1.82, 2.24) is 24.5 Å². The third-order valence-electron chi connectivity index (χ3n) is 2.41. The first kappa shape index (κ1) is 14.7. The predicted octanol–water partition coefficient (Wildman–Crippen LogP) is 1.91. The standard InChI is InChI=1S/C12H16ClN5O2/c1-2-3-6-19-7-8-20-12-16-10(13)15-11(17-12)18-5-4-14-9-18/h4-5,9H,2-3,6-8H2,1H3. The molecule has 2 aromatic heterocycles. The maximum Gasteiger partial charge on any atom is 0.322 e. The van der Waals surface area contributed by atoms with E-state index in [2.05, 4.69) is 26.9 Å². The second-order valence-corrected chi connectivity index (χ2v) is 4.31. The number of hydrogen-bond acceptors (Lipinski definition) is 6. The van der Waals surface area contributed by atoms with Gasteiger partial charge in [0.1, 0.15) is 12.9 Å². The molecule has 0 radical (unpaired) electrons. The number of unbranched alkanes of at least 4 members (excludes halogenated alkanes) is 1. The van der Waals surface area contributed by atoms with Gasteiger partial charge in [0.05, 0.1) is 6.61 Å². The summed E-state index contributed by atoms with van der Waals surface area (Å²) in [5.74, 6) is 0.365. The molecule has 2 rings (SSSR count). The molecule has 0 amide bonds. The average molecular weight is 298 g/mol. The fraction of sp³-hybridized carbons (Fsp3) is 0.500. The van der Waals surface area contributed by atoms with Crippen molar-refractivity contribution in [1.29, 1.82) is 0 Å². The van der Waals surface area contributed by atoms with E-state index in [9.17, 15) is 0 Å². The highest BCUT2D eigenvalue weighted by Crippen LogP contribution is 2.10. The fourth-order valence-electron chi connectivity index (χ4n) is 1.42. The van der Waals surface area contributed by atoms with E-state index in [0.717, 1.165) is 19.4 Å². The van der Waals surface area contributed by atoms with Crippen molar-refractivity contribution in [2.24, 2.45) is 0 Å². The zero-order chi connectivity index (χ0) is 14.2. The van der Waals surface area contributed by atoms with Crippen LogP contribution in [0.3, 0.4) is 0 Å². The molecule has 0 aliphatic rings. The number of rotatable bonds is 8. The Bertz CT molecular complexity index is 521. The molecule has 0 bridgehead atoms. The van der Waals surface area contributed by atoms with Gasteiger partial charge >= 0.3 is 6.01 Å². The quantitative estimate of drug-likeness (QED) is 0.693. The van der Waals surface area contributed by atoms with Crippen LogP contribution in [0.4, 0.5) is 0 Å². The molecule has 2 aromatic rings. The Balaban J connectivity index is 1.88. The van der Waals surface area contributed by atoms with Gasteiger partial charge in [-0.05, 0) is 18.0 Å². The van der Waals surface area contributed by atoms with E-state index in [1.165, 1.54) is 0 Å². The topological polar surface area (TPSA) is 75.0 Å². The van der Waals surface area contributed by atoms with Crippen LogP contribution in [0.25, 0.3) is 5.95 Å². The Morgan fingerprint density at radius 2 is 2.10 bits per heavy atom. The van der Waals surface area contributed by atoms with Crippen molar-refractivity contribution in [3.63, 3.8) is 0 Å². The highest BCUT2D eigenvalue weighted by Gasteiger charge is 2.07. The molecule has 0 aromatic carbocycles. The molecule has 20 heavy (non-hydrogen) atoms. The highest BCUT2D eigenvalue weighted by atomic mass is 35.5. The van der Waals surface area contributed by atoms with Gasteiger partial charge in [-0.25, -0.2) is 4.98 Å². The van der Waals surface area contributed by atoms with Crippen molar-refractivity contribution < 1.29 is 9.47 Å². The minimum atomic E-state index is 0.0746. The Hall–Kier alpha value is -1.73. The molecule has 0 aliphatic carbocycles. The van der Waals surface area contributed by atoms with Crippen LogP contribution in [0, 0.1) is 0 Å². The van der Waals surface area contributed by atoms with Crippen LogP contribution < -0.4 is 4.74 Å². The molecule has 0 atom stereocenters. The molecular weight excluding hydrogens is 282 g/mol. The highest BCUT2D eigenvalue weighted by molar-refractivity contribution is 6.28. The summed E-state index contributed by atoms with van der Waals surface area (Å²) in [4.78, 5) is 16.0. The molecule has 0 unspecified atom stereocenters. The number of halogens is 1. The molecule has 0 spiro atoms. The van der Waals surface area contributed by atoms with Gasteiger partial charge < -0.3 is 9.47 Å². The second kappa shape index (κ2) is 7.76. The van der Waals surface area contributed by atoms with Crippen LogP contribution in [-0.4, -0.2) is 44.3 Å². The molecule has 108 valence electrons. The summed E-state index contributed by atoms with van der Waals surface area (Å²) in [5.41, 5.74) is 0. The summed E-state index contributed by atoms with van der Waals surface area (Å²) < 4.78 is 12.4. The second-order valence-electron chi connectivity index (χ2n) is 3.97. The van der Waals surface area contributed by atoms with Crippen LogP contribution in [0.2, 0.25) is 5.28 Å². The molecule has 0 aliphatic heterocycles. The number of imidazole rings is 1. The summed E-state index contributed by atoms with van der Waals surface area (Å²) in [6.07, 6.45) is 7.06. The summed E-state index contributed by atoms with van der Waals surface area (Å²) >= 11 is 5.84. The largest absolute Gasteiger partial charge is 0.461 e. The lowest BCUT2D eigenvalue weighted by molar-refractivity contribution is 0.0946. The zero-order valence-electron chi connectivity index (χ0n) is 11.2. The van der Waals surface area contributed by atoms with Gasteiger partial charge in [0.25, 0.3) is 0 Å². The lowest BCUT2D eigenvalue weighted by Crippen LogP contribution is -2.11. The summed E-state index contributed by atoms with van der Waals surface area (Å²) in [6.45, 7) is 3.71. The number of aromatic nitrogens is 5. The van der Waals surface area contributed by atoms with Crippen LogP contribution in [-0.2, 0) is 4.74 Å². The Labute approximate surface area is 122 Å². The molecule has 0 N–H and O–H groups in total. The first-order valence-corrected chi connectivity index (χ1v) is 6.78. The number of ether oxygens (including phenoxy) is 2. The van der Waals surface area contributed by atoms with Gasteiger partial charge in [-0.2, -0.15) is 15.0 Å². The molecule has 7 nitrogen and oxygen atoms in total. The molecule has 0 saturated heterocycles. The van der Waals surface area contributed by atoms with Crippen molar-refractivity contribution in [2.45, 2.75) is 19.8 Å². The van der Waals surface area contributed by atoms with Crippen molar-refractivity contribution in [2.75, 3.05) is 19.8 Å². The smallest absolute Gasteiger partial charge is 0.322 e. The van der Waals surface area contributed by atoms with Gasteiger partial charge in [0.15, 0.2) is 0 Å². The molecular formula is C12H16ClN5O2. The molecule has 8 heteroatoms. The lowest BCUT2D eigenvalue weighted by Gasteiger charge is -2.07. The van der Waals surface area contributed by atoms with Crippen LogP contribution in [0.15, 0.2) is 18.7 Å². The molecule has 0 saturated carbocycles. The van der Waals surface area contributed by atoms with Crippen LogP contribution in [0.5, 0.6) is 6.01 Å². The zero-order valence-corrected chi connectivity index (χ0v) is 12.0. The summed E-state index contributed by atoms with van der Waals surface area (Å²) in [5, 5.41) is 0.0746. The Kier molecular flexibility index (Phi) is 5.69. The van der Waals surface area contributed by atoms with Crippen molar-refractivity contribution in [3.05, 3.63) is 24.0 Å². The number of hydrogen-bond donors (Lipinski definition) is 0. The van der Waals surface area contributed by atoms with E-state index < -0.39 is 0 Å². The van der Waals surface area contributed by atoms with E-state index in [4.69, 9.17) is 21.1 Å². The lowest BCUT2D eigenvalue weighted by atomic mass is 10.4.